The third-order valence-electron chi connectivity index (χ3n) is 4.17. The molecule has 0 radical (unpaired) electrons. The van der Waals surface area contributed by atoms with Crippen molar-refractivity contribution in [3.8, 4) is 5.75 Å². The van der Waals surface area contributed by atoms with Crippen LogP contribution in [0.25, 0.3) is 0 Å². The molecule has 2 amide bonds. The molecule has 0 saturated carbocycles. The molecule has 1 unspecified atom stereocenters. The molecule has 2 heterocycles. The van der Waals surface area contributed by atoms with Crippen molar-refractivity contribution in [1.29, 1.82) is 0 Å². The van der Waals surface area contributed by atoms with Gasteiger partial charge in [-0.2, -0.15) is 0 Å². The molecular formula is C16H20N2O3. The zero-order valence-electron chi connectivity index (χ0n) is 12.2. The van der Waals surface area contributed by atoms with E-state index in [1.165, 1.54) is 6.92 Å². The number of nitrogens with zero attached hydrogens (tertiary/aromatic N) is 1. The van der Waals surface area contributed by atoms with E-state index >= 15 is 0 Å². The van der Waals surface area contributed by atoms with Gasteiger partial charge in [-0.05, 0) is 43.0 Å². The summed E-state index contributed by atoms with van der Waals surface area (Å²) >= 11 is 0. The number of fused-ring (bicyclic) bond motifs is 1. The molecule has 1 fully saturated rings. The van der Waals surface area contributed by atoms with Crippen molar-refractivity contribution in [2.45, 2.75) is 38.6 Å². The van der Waals surface area contributed by atoms with Gasteiger partial charge in [0.25, 0.3) is 0 Å². The second-order valence-corrected chi connectivity index (χ2v) is 5.63. The minimum atomic E-state index is -0.347. The average molecular weight is 288 g/mol. The predicted octanol–water partition coefficient (Wildman–Crippen LogP) is 1.96. The van der Waals surface area contributed by atoms with Gasteiger partial charge in [0.05, 0.1) is 6.61 Å². The first kappa shape index (κ1) is 13.9. The summed E-state index contributed by atoms with van der Waals surface area (Å²) in [7, 11) is 0. The van der Waals surface area contributed by atoms with Crippen LogP contribution in [-0.4, -0.2) is 35.9 Å². The number of likely N-dealkylation sites (tertiary alicyclic amines) is 1. The molecule has 0 spiro atoms. The number of hydrogen-bond acceptors (Lipinski definition) is 3. The molecule has 112 valence electrons. The number of hydrogen-bond donors (Lipinski definition) is 1. The van der Waals surface area contributed by atoms with Crippen LogP contribution in [0.5, 0.6) is 5.75 Å². The highest BCUT2D eigenvalue weighted by molar-refractivity contribution is 5.97. The molecule has 2 aliphatic rings. The number of benzene rings is 1. The lowest BCUT2D eigenvalue weighted by Gasteiger charge is -2.33. The quantitative estimate of drug-likeness (QED) is 0.905. The standard InChI is InChI=1S/C16H20N2O3/c1-11(19)18-8-3-2-4-14(18)16(20)17-13-5-6-15-12(10-13)7-9-21-15/h5-6,10,14H,2-4,7-9H2,1H3,(H,17,20). The third kappa shape index (κ3) is 2.86. The van der Waals surface area contributed by atoms with E-state index in [0.29, 0.717) is 13.2 Å². The van der Waals surface area contributed by atoms with Crippen molar-refractivity contribution in [1.82, 2.24) is 4.90 Å². The number of carbonyl (C=O) groups excluding carboxylic acids is 2. The van der Waals surface area contributed by atoms with Crippen LogP contribution in [0.15, 0.2) is 18.2 Å². The average Bonchev–Trinajstić information content (AvgIpc) is 2.94. The lowest BCUT2D eigenvalue weighted by molar-refractivity contribution is -0.138. The van der Waals surface area contributed by atoms with Crippen LogP contribution in [0.2, 0.25) is 0 Å². The molecule has 0 aromatic heterocycles. The number of ether oxygens (including phenoxy) is 1. The summed E-state index contributed by atoms with van der Waals surface area (Å²) in [5.74, 6) is 0.775. The summed E-state index contributed by atoms with van der Waals surface area (Å²) in [5.41, 5.74) is 1.90. The van der Waals surface area contributed by atoms with Crippen molar-refractivity contribution < 1.29 is 14.3 Å². The molecule has 0 bridgehead atoms. The van der Waals surface area contributed by atoms with Crippen molar-refractivity contribution in [2.24, 2.45) is 0 Å². The van der Waals surface area contributed by atoms with Crippen LogP contribution >= 0.6 is 0 Å². The van der Waals surface area contributed by atoms with Gasteiger partial charge in [-0.25, -0.2) is 0 Å². The molecule has 1 atom stereocenters. The fourth-order valence-corrected chi connectivity index (χ4v) is 3.07. The molecule has 1 N–H and O–H groups in total. The molecule has 2 aliphatic heterocycles. The minimum absolute atomic E-state index is 0.0304. The maximum atomic E-state index is 12.4. The van der Waals surface area contributed by atoms with E-state index in [-0.39, 0.29) is 17.9 Å². The summed E-state index contributed by atoms with van der Waals surface area (Å²) < 4.78 is 5.46. The van der Waals surface area contributed by atoms with Gasteiger partial charge in [-0.15, -0.1) is 0 Å². The molecule has 5 heteroatoms. The van der Waals surface area contributed by atoms with Gasteiger partial charge >= 0.3 is 0 Å². The van der Waals surface area contributed by atoms with E-state index in [1.807, 2.05) is 18.2 Å². The van der Waals surface area contributed by atoms with Gasteiger partial charge in [-0.1, -0.05) is 0 Å². The first-order chi connectivity index (χ1) is 10.1. The van der Waals surface area contributed by atoms with E-state index in [4.69, 9.17) is 4.74 Å². The van der Waals surface area contributed by atoms with Gasteiger partial charge in [-0.3, -0.25) is 9.59 Å². The molecule has 0 aliphatic carbocycles. The predicted molar refractivity (Wildman–Crippen MR) is 79.3 cm³/mol. The fraction of sp³-hybridized carbons (Fsp3) is 0.500. The second kappa shape index (κ2) is 5.76. The Morgan fingerprint density at radius 3 is 3.00 bits per heavy atom. The van der Waals surface area contributed by atoms with E-state index in [9.17, 15) is 9.59 Å². The smallest absolute Gasteiger partial charge is 0.247 e. The molecule has 21 heavy (non-hydrogen) atoms. The van der Waals surface area contributed by atoms with E-state index in [1.54, 1.807) is 4.90 Å². The molecule has 1 aromatic carbocycles. The normalized spacial score (nSPS) is 20.6. The first-order valence-corrected chi connectivity index (χ1v) is 7.49. The Morgan fingerprint density at radius 2 is 2.19 bits per heavy atom. The van der Waals surface area contributed by atoms with Crippen molar-refractivity contribution in [3.05, 3.63) is 23.8 Å². The molecule has 5 nitrogen and oxygen atoms in total. The Labute approximate surface area is 124 Å². The number of carbonyl (C=O) groups is 2. The third-order valence-corrected chi connectivity index (χ3v) is 4.17. The highest BCUT2D eigenvalue weighted by atomic mass is 16.5. The van der Waals surface area contributed by atoms with Gasteiger partial charge in [0.2, 0.25) is 11.8 Å². The molecule has 1 aromatic rings. The fourth-order valence-electron chi connectivity index (χ4n) is 3.07. The number of piperidine rings is 1. The lowest BCUT2D eigenvalue weighted by Crippen LogP contribution is -2.49. The van der Waals surface area contributed by atoms with Gasteiger partial charge in [0.1, 0.15) is 11.8 Å². The number of amides is 2. The summed E-state index contributed by atoms with van der Waals surface area (Å²) in [4.78, 5) is 25.8. The Bertz CT molecular complexity index is 571. The van der Waals surface area contributed by atoms with Crippen LogP contribution in [0.1, 0.15) is 31.7 Å². The van der Waals surface area contributed by atoms with Gasteiger partial charge in [0.15, 0.2) is 0 Å². The van der Waals surface area contributed by atoms with E-state index < -0.39 is 0 Å². The van der Waals surface area contributed by atoms with E-state index in [0.717, 1.165) is 42.7 Å². The first-order valence-electron chi connectivity index (χ1n) is 7.49. The Balaban J connectivity index is 1.71. The van der Waals surface area contributed by atoms with Crippen molar-refractivity contribution >= 4 is 17.5 Å². The summed E-state index contributed by atoms with van der Waals surface area (Å²) in [6.45, 7) is 2.90. The maximum Gasteiger partial charge on any atom is 0.247 e. The number of rotatable bonds is 2. The number of anilines is 1. The Hall–Kier alpha value is -2.04. The largest absolute Gasteiger partial charge is 0.493 e. The van der Waals surface area contributed by atoms with Gasteiger partial charge < -0.3 is 15.0 Å². The highest BCUT2D eigenvalue weighted by Gasteiger charge is 2.30. The summed E-state index contributed by atoms with van der Waals surface area (Å²) in [6.07, 6.45) is 3.57. The minimum Gasteiger partial charge on any atom is -0.493 e. The zero-order chi connectivity index (χ0) is 14.8. The molecule has 3 rings (SSSR count). The van der Waals surface area contributed by atoms with Crippen LogP contribution in [0.4, 0.5) is 5.69 Å². The van der Waals surface area contributed by atoms with Crippen molar-refractivity contribution in [2.75, 3.05) is 18.5 Å². The van der Waals surface area contributed by atoms with Crippen LogP contribution in [-0.2, 0) is 16.0 Å². The SMILES string of the molecule is CC(=O)N1CCCCC1C(=O)Nc1ccc2c(c1)CCO2. The van der Waals surface area contributed by atoms with Crippen molar-refractivity contribution in [3.63, 3.8) is 0 Å². The lowest BCUT2D eigenvalue weighted by atomic mass is 10.0. The maximum absolute atomic E-state index is 12.4. The summed E-state index contributed by atoms with van der Waals surface area (Å²) in [5, 5.41) is 2.94. The Kier molecular flexibility index (Phi) is 3.82. The van der Waals surface area contributed by atoms with Crippen LogP contribution in [0.3, 0.4) is 0 Å². The highest BCUT2D eigenvalue weighted by Crippen LogP contribution is 2.28. The molecular weight excluding hydrogens is 268 g/mol. The number of nitrogens with one attached hydrogen (secondary N) is 1. The summed E-state index contributed by atoms with van der Waals surface area (Å²) in [6, 6.07) is 5.35. The van der Waals surface area contributed by atoms with Crippen LogP contribution in [0, 0.1) is 0 Å². The Morgan fingerprint density at radius 1 is 1.33 bits per heavy atom. The molecule has 1 saturated heterocycles. The zero-order valence-corrected chi connectivity index (χ0v) is 12.2. The van der Waals surface area contributed by atoms with Crippen LogP contribution < -0.4 is 10.1 Å². The van der Waals surface area contributed by atoms with Gasteiger partial charge in [0, 0.05) is 25.6 Å². The second-order valence-electron chi connectivity index (χ2n) is 5.63. The monoisotopic (exact) mass is 288 g/mol. The topological polar surface area (TPSA) is 58.6 Å². The van der Waals surface area contributed by atoms with E-state index in [2.05, 4.69) is 5.32 Å².